The lowest BCUT2D eigenvalue weighted by Crippen LogP contribution is -2.35. The molecule has 2 aliphatic rings. The fourth-order valence-corrected chi connectivity index (χ4v) is 4.94. The maximum atomic E-state index is 12.4. The third-order valence-corrected chi connectivity index (χ3v) is 6.84. The molecule has 2 saturated carbocycles. The van der Waals surface area contributed by atoms with Gasteiger partial charge in [0.25, 0.3) is 0 Å². The summed E-state index contributed by atoms with van der Waals surface area (Å²) in [5.41, 5.74) is 1.11. The summed E-state index contributed by atoms with van der Waals surface area (Å²) >= 11 is 0. The highest BCUT2D eigenvalue weighted by molar-refractivity contribution is 7.86. The van der Waals surface area contributed by atoms with E-state index in [0.717, 1.165) is 49.8 Å². The fraction of sp³-hybridized carbons (Fsp3) is 0.632. The number of benzene rings is 1. The number of hydrogen-bond acceptors (Lipinski definition) is 3. The zero-order chi connectivity index (χ0) is 16.9. The van der Waals surface area contributed by atoms with E-state index in [4.69, 9.17) is 4.74 Å². The minimum absolute atomic E-state index is 0.0340. The topological polar surface area (TPSA) is 55.4 Å². The van der Waals surface area contributed by atoms with E-state index in [1.165, 1.54) is 6.42 Å². The first-order valence-corrected chi connectivity index (χ1v) is 10.4. The van der Waals surface area contributed by atoms with E-state index in [1.54, 1.807) is 7.11 Å². The van der Waals surface area contributed by atoms with Gasteiger partial charge in [-0.25, -0.2) is 0 Å². The van der Waals surface area contributed by atoms with Gasteiger partial charge in [0, 0.05) is 16.0 Å². The summed E-state index contributed by atoms with van der Waals surface area (Å²) in [6.45, 7) is 0. The number of amides is 1. The van der Waals surface area contributed by atoms with Crippen LogP contribution in [0.5, 0.6) is 5.75 Å². The van der Waals surface area contributed by atoms with Gasteiger partial charge in [0.05, 0.1) is 13.2 Å². The van der Waals surface area contributed by atoms with Crippen molar-refractivity contribution in [3.8, 4) is 5.75 Å². The maximum absolute atomic E-state index is 12.4. The van der Waals surface area contributed by atoms with Gasteiger partial charge in [-0.2, -0.15) is 0 Å². The Morgan fingerprint density at radius 1 is 1.17 bits per heavy atom. The van der Waals surface area contributed by atoms with Crippen LogP contribution in [0.1, 0.15) is 56.6 Å². The SMILES string of the molecule is COc1ccc([C@H](NC(=O)C[S@](=O)C2CCCCC2)C2CC2)cc1. The molecule has 0 saturated heterocycles. The molecule has 2 aliphatic carbocycles. The van der Waals surface area contributed by atoms with Crippen molar-refractivity contribution in [2.24, 2.45) is 5.92 Å². The first-order chi connectivity index (χ1) is 11.7. The number of rotatable bonds is 7. The number of carbonyl (C=O) groups is 1. The summed E-state index contributed by atoms with van der Waals surface area (Å²) in [4.78, 5) is 12.4. The summed E-state index contributed by atoms with van der Waals surface area (Å²) in [5, 5.41) is 3.34. The summed E-state index contributed by atoms with van der Waals surface area (Å²) in [7, 11) is 0.609. The van der Waals surface area contributed by atoms with E-state index in [2.05, 4.69) is 5.32 Å². The quantitative estimate of drug-likeness (QED) is 0.821. The summed E-state index contributed by atoms with van der Waals surface area (Å²) in [6, 6.07) is 7.92. The summed E-state index contributed by atoms with van der Waals surface area (Å²) in [5.74, 6) is 1.39. The Kier molecular flexibility index (Phi) is 5.93. The van der Waals surface area contributed by atoms with Crippen LogP contribution < -0.4 is 10.1 Å². The maximum Gasteiger partial charge on any atom is 0.233 e. The first-order valence-electron chi connectivity index (χ1n) is 8.98. The van der Waals surface area contributed by atoms with Gasteiger partial charge >= 0.3 is 0 Å². The molecule has 5 heteroatoms. The Morgan fingerprint density at radius 2 is 1.83 bits per heavy atom. The second kappa shape index (κ2) is 8.15. The zero-order valence-corrected chi connectivity index (χ0v) is 15.1. The highest BCUT2D eigenvalue weighted by atomic mass is 32.2. The van der Waals surface area contributed by atoms with E-state index in [9.17, 15) is 9.00 Å². The lowest BCUT2D eigenvalue weighted by Gasteiger charge is -2.22. The molecular formula is C19H27NO3S. The van der Waals surface area contributed by atoms with Crippen molar-refractivity contribution < 1.29 is 13.7 Å². The van der Waals surface area contributed by atoms with Gasteiger partial charge in [-0.1, -0.05) is 31.4 Å². The fourth-order valence-electron chi connectivity index (χ4n) is 3.50. The molecule has 3 rings (SSSR count). The predicted molar refractivity (Wildman–Crippen MR) is 96.5 cm³/mol. The molecule has 132 valence electrons. The molecule has 0 aliphatic heterocycles. The van der Waals surface area contributed by atoms with Gasteiger partial charge in [0.2, 0.25) is 5.91 Å². The number of methoxy groups -OCH3 is 1. The van der Waals surface area contributed by atoms with E-state index in [0.29, 0.717) is 5.92 Å². The molecule has 1 N–H and O–H groups in total. The molecule has 4 nitrogen and oxygen atoms in total. The van der Waals surface area contributed by atoms with Gasteiger partial charge < -0.3 is 10.1 Å². The van der Waals surface area contributed by atoms with Crippen molar-refractivity contribution in [3.05, 3.63) is 29.8 Å². The largest absolute Gasteiger partial charge is 0.497 e. The number of carbonyl (C=O) groups excluding carboxylic acids is 1. The molecule has 0 radical (unpaired) electrons. The molecule has 0 aromatic heterocycles. The Labute approximate surface area is 146 Å². The third kappa shape index (κ3) is 4.59. The normalized spacial score (nSPS) is 21.0. The van der Waals surface area contributed by atoms with Crippen LogP contribution >= 0.6 is 0 Å². The predicted octanol–water partition coefficient (Wildman–Crippen LogP) is 3.34. The molecule has 0 bridgehead atoms. The van der Waals surface area contributed by atoms with Crippen LogP contribution in [-0.4, -0.2) is 28.2 Å². The Balaban J connectivity index is 1.58. The standard InChI is InChI=1S/C19H27NO3S/c1-23-16-11-9-15(10-12-16)19(14-7-8-14)20-18(21)13-24(22)17-5-3-2-4-6-17/h9-12,14,17,19H,2-8,13H2,1H3,(H,20,21)/t19-,24+/m1/s1. The van der Waals surface area contributed by atoms with Gasteiger partial charge in [-0.05, 0) is 49.3 Å². The van der Waals surface area contributed by atoms with Crippen LogP contribution in [0.25, 0.3) is 0 Å². The van der Waals surface area contributed by atoms with Crippen LogP contribution in [-0.2, 0) is 15.6 Å². The van der Waals surface area contributed by atoms with E-state index >= 15 is 0 Å². The second-order valence-electron chi connectivity index (χ2n) is 6.94. The average molecular weight is 349 g/mol. The average Bonchev–Trinajstić information content (AvgIpc) is 3.45. The highest BCUT2D eigenvalue weighted by Crippen LogP contribution is 2.41. The molecule has 1 aromatic carbocycles. The summed E-state index contributed by atoms with van der Waals surface area (Å²) < 4.78 is 17.6. The molecule has 2 atom stereocenters. The molecule has 1 aromatic rings. The van der Waals surface area contributed by atoms with Gasteiger partial charge in [-0.3, -0.25) is 9.00 Å². The van der Waals surface area contributed by atoms with Crippen molar-refractivity contribution in [1.29, 1.82) is 0 Å². The van der Waals surface area contributed by atoms with Crippen molar-refractivity contribution in [1.82, 2.24) is 5.32 Å². The second-order valence-corrected chi connectivity index (χ2v) is 8.66. The van der Waals surface area contributed by atoms with Crippen molar-refractivity contribution in [2.75, 3.05) is 12.9 Å². The number of ether oxygens (including phenoxy) is 1. The van der Waals surface area contributed by atoms with Gasteiger partial charge in [-0.15, -0.1) is 0 Å². The van der Waals surface area contributed by atoms with Gasteiger partial charge in [0.1, 0.15) is 11.5 Å². The smallest absolute Gasteiger partial charge is 0.233 e. The minimum Gasteiger partial charge on any atom is -0.497 e. The lowest BCUT2D eigenvalue weighted by molar-refractivity contribution is -0.119. The van der Waals surface area contributed by atoms with Crippen LogP contribution in [0.4, 0.5) is 0 Å². The monoisotopic (exact) mass is 349 g/mol. The number of nitrogens with one attached hydrogen (secondary N) is 1. The molecular weight excluding hydrogens is 322 g/mol. The Hall–Kier alpha value is -1.36. The van der Waals surface area contributed by atoms with Crippen LogP contribution in [0.3, 0.4) is 0 Å². The lowest BCUT2D eigenvalue weighted by atomic mass is 10.0. The minimum atomic E-state index is -1.04. The van der Waals surface area contributed by atoms with E-state index < -0.39 is 10.8 Å². The molecule has 0 unspecified atom stereocenters. The van der Waals surface area contributed by atoms with Crippen molar-refractivity contribution in [2.45, 2.75) is 56.2 Å². The zero-order valence-electron chi connectivity index (χ0n) is 14.3. The summed E-state index contributed by atoms with van der Waals surface area (Å²) in [6.07, 6.45) is 7.82. The van der Waals surface area contributed by atoms with Crippen LogP contribution in [0, 0.1) is 5.92 Å². The molecule has 1 amide bonds. The van der Waals surface area contributed by atoms with Gasteiger partial charge in [0.15, 0.2) is 0 Å². The molecule has 0 heterocycles. The molecule has 0 spiro atoms. The van der Waals surface area contributed by atoms with Crippen LogP contribution in [0.15, 0.2) is 24.3 Å². The number of hydrogen-bond donors (Lipinski definition) is 1. The van der Waals surface area contributed by atoms with Crippen molar-refractivity contribution in [3.63, 3.8) is 0 Å². The van der Waals surface area contributed by atoms with Crippen molar-refractivity contribution >= 4 is 16.7 Å². The Morgan fingerprint density at radius 3 is 2.42 bits per heavy atom. The first kappa shape index (κ1) is 17.5. The third-order valence-electron chi connectivity index (χ3n) is 5.08. The van der Waals surface area contributed by atoms with E-state index in [-0.39, 0.29) is 23.0 Å². The molecule has 24 heavy (non-hydrogen) atoms. The highest BCUT2D eigenvalue weighted by Gasteiger charge is 2.34. The Bertz CT molecular complexity index is 577. The van der Waals surface area contributed by atoms with Crippen LogP contribution in [0.2, 0.25) is 0 Å². The van der Waals surface area contributed by atoms with E-state index in [1.807, 2.05) is 24.3 Å². The molecule has 2 fully saturated rings.